The van der Waals surface area contributed by atoms with Gasteiger partial charge in [-0.2, -0.15) is 0 Å². The molecule has 2 aromatic carbocycles. The summed E-state index contributed by atoms with van der Waals surface area (Å²) in [4.78, 5) is 12.3. The fraction of sp³-hybridized carbons (Fsp3) is 0.118. The Hall–Kier alpha value is -2.12. The maximum Gasteiger partial charge on any atom is 0.255 e. The molecule has 0 atom stereocenters. The predicted octanol–water partition coefficient (Wildman–Crippen LogP) is 3.65. The lowest BCUT2D eigenvalue weighted by molar-refractivity contribution is 0.102. The Morgan fingerprint density at radius 1 is 1.25 bits per heavy atom. The molecule has 0 unspecified atom stereocenters. The second kappa shape index (κ2) is 7.63. The van der Waals surface area contributed by atoms with E-state index in [1.165, 1.54) is 10.4 Å². The molecule has 0 spiro atoms. The molecule has 2 rings (SSSR count). The van der Waals surface area contributed by atoms with Crippen molar-refractivity contribution in [2.75, 3.05) is 22.4 Å². The first-order valence-corrected chi connectivity index (χ1v) is 9.71. The highest BCUT2D eigenvalue weighted by atomic mass is 79.9. The number of halogens is 1. The molecular weight excluding hydrogens is 392 g/mol. The Balaban J connectivity index is 2.19. The molecule has 0 saturated heterocycles. The zero-order valence-electron chi connectivity index (χ0n) is 13.1. The van der Waals surface area contributed by atoms with Crippen LogP contribution in [0.1, 0.15) is 10.4 Å². The Morgan fingerprint density at radius 3 is 2.46 bits per heavy atom. The van der Waals surface area contributed by atoms with Crippen LogP contribution in [-0.4, -0.2) is 27.1 Å². The molecule has 0 aliphatic heterocycles. The minimum atomic E-state index is -3.41. The van der Waals surface area contributed by atoms with E-state index >= 15 is 0 Å². The zero-order valence-corrected chi connectivity index (χ0v) is 15.5. The van der Waals surface area contributed by atoms with Crippen LogP contribution in [0.2, 0.25) is 0 Å². The van der Waals surface area contributed by atoms with Gasteiger partial charge in [0.15, 0.2) is 0 Å². The summed E-state index contributed by atoms with van der Waals surface area (Å²) in [5, 5.41) is 2.79. The van der Waals surface area contributed by atoms with E-state index in [-0.39, 0.29) is 12.5 Å². The van der Waals surface area contributed by atoms with E-state index in [0.717, 1.165) is 10.7 Å². The summed E-state index contributed by atoms with van der Waals surface area (Å²) >= 11 is 3.35. The molecule has 0 aromatic heterocycles. The van der Waals surface area contributed by atoms with Gasteiger partial charge in [-0.3, -0.25) is 9.10 Å². The number of sulfonamides is 1. The zero-order chi connectivity index (χ0) is 17.7. The van der Waals surface area contributed by atoms with Crippen molar-refractivity contribution in [3.63, 3.8) is 0 Å². The van der Waals surface area contributed by atoms with Crippen LogP contribution in [0, 0.1) is 0 Å². The second-order valence-electron chi connectivity index (χ2n) is 5.09. The van der Waals surface area contributed by atoms with Crippen molar-refractivity contribution in [2.45, 2.75) is 0 Å². The maximum atomic E-state index is 12.3. The van der Waals surface area contributed by atoms with Crippen molar-refractivity contribution in [3.05, 3.63) is 71.2 Å². The number of amides is 1. The molecule has 5 nitrogen and oxygen atoms in total. The maximum absolute atomic E-state index is 12.3. The lowest BCUT2D eigenvalue weighted by atomic mass is 10.2. The molecule has 0 heterocycles. The smallest absolute Gasteiger partial charge is 0.255 e. The minimum Gasteiger partial charge on any atom is -0.322 e. The van der Waals surface area contributed by atoms with Gasteiger partial charge in [0.1, 0.15) is 0 Å². The highest BCUT2D eigenvalue weighted by molar-refractivity contribution is 9.10. The number of anilines is 2. The summed E-state index contributed by atoms with van der Waals surface area (Å²) in [6.07, 6.45) is 2.64. The normalized spacial score (nSPS) is 10.9. The lowest BCUT2D eigenvalue weighted by Crippen LogP contribution is -2.29. The van der Waals surface area contributed by atoms with Crippen molar-refractivity contribution >= 4 is 43.2 Å². The summed E-state index contributed by atoms with van der Waals surface area (Å²) in [6.45, 7) is 3.73. The average Bonchev–Trinajstić information content (AvgIpc) is 2.52. The van der Waals surface area contributed by atoms with E-state index in [9.17, 15) is 13.2 Å². The van der Waals surface area contributed by atoms with E-state index in [2.05, 4.69) is 27.8 Å². The van der Waals surface area contributed by atoms with Gasteiger partial charge in [0.05, 0.1) is 18.5 Å². The Morgan fingerprint density at radius 2 is 1.92 bits per heavy atom. The topological polar surface area (TPSA) is 66.5 Å². The Labute approximate surface area is 150 Å². The van der Waals surface area contributed by atoms with Gasteiger partial charge in [-0.15, -0.1) is 6.58 Å². The molecule has 24 heavy (non-hydrogen) atoms. The third-order valence-corrected chi connectivity index (χ3v) is 4.85. The van der Waals surface area contributed by atoms with Gasteiger partial charge in [-0.25, -0.2) is 8.42 Å². The summed E-state index contributed by atoms with van der Waals surface area (Å²) < 4.78 is 25.7. The van der Waals surface area contributed by atoms with Crippen LogP contribution in [0.15, 0.2) is 65.7 Å². The van der Waals surface area contributed by atoms with Crippen molar-refractivity contribution in [1.29, 1.82) is 0 Å². The minimum absolute atomic E-state index is 0.169. The van der Waals surface area contributed by atoms with E-state index in [0.29, 0.717) is 16.9 Å². The van der Waals surface area contributed by atoms with E-state index in [1.54, 1.807) is 36.4 Å². The standard InChI is InChI=1S/C17H17BrN2O3S/c1-3-11-20(24(2,22)23)16-9-7-13(8-10-16)17(21)19-15-6-4-5-14(18)12-15/h3-10,12H,1,11H2,2H3,(H,19,21). The molecule has 0 aliphatic carbocycles. The molecule has 0 saturated carbocycles. The molecule has 0 bridgehead atoms. The second-order valence-corrected chi connectivity index (χ2v) is 7.92. The summed E-state index contributed by atoms with van der Waals surface area (Å²) in [5.41, 5.74) is 1.59. The number of nitrogens with one attached hydrogen (secondary N) is 1. The van der Waals surface area contributed by atoms with E-state index < -0.39 is 10.0 Å². The lowest BCUT2D eigenvalue weighted by Gasteiger charge is -2.20. The van der Waals surface area contributed by atoms with Crippen LogP contribution in [0.4, 0.5) is 11.4 Å². The summed E-state index contributed by atoms with van der Waals surface area (Å²) in [6, 6.07) is 13.6. The first-order chi connectivity index (χ1) is 11.3. The molecule has 2 aromatic rings. The molecule has 1 amide bonds. The molecule has 7 heteroatoms. The Kier molecular flexibility index (Phi) is 5.80. The molecule has 0 radical (unpaired) electrons. The quantitative estimate of drug-likeness (QED) is 0.741. The van der Waals surface area contributed by atoms with Crippen LogP contribution in [-0.2, 0) is 10.0 Å². The summed E-state index contributed by atoms with van der Waals surface area (Å²) in [7, 11) is -3.41. The van der Waals surface area contributed by atoms with Crippen LogP contribution < -0.4 is 9.62 Å². The van der Waals surface area contributed by atoms with Gasteiger partial charge >= 0.3 is 0 Å². The Bertz CT molecular complexity index is 848. The van der Waals surface area contributed by atoms with Gasteiger partial charge in [-0.1, -0.05) is 28.1 Å². The number of rotatable bonds is 6. The third kappa shape index (κ3) is 4.69. The third-order valence-electron chi connectivity index (χ3n) is 3.20. The number of hydrogen-bond donors (Lipinski definition) is 1. The summed E-state index contributed by atoms with van der Waals surface area (Å²) in [5.74, 6) is -0.269. The van der Waals surface area contributed by atoms with Crippen molar-refractivity contribution < 1.29 is 13.2 Å². The van der Waals surface area contributed by atoms with E-state index in [1.807, 2.05) is 12.1 Å². The monoisotopic (exact) mass is 408 g/mol. The molecule has 126 valence electrons. The number of carbonyl (C=O) groups excluding carboxylic acids is 1. The SMILES string of the molecule is C=CCN(c1ccc(C(=O)Nc2cccc(Br)c2)cc1)S(C)(=O)=O. The fourth-order valence-electron chi connectivity index (χ4n) is 2.10. The largest absolute Gasteiger partial charge is 0.322 e. The number of hydrogen-bond acceptors (Lipinski definition) is 3. The fourth-order valence-corrected chi connectivity index (χ4v) is 3.38. The van der Waals surface area contributed by atoms with Crippen LogP contribution >= 0.6 is 15.9 Å². The molecular formula is C17H17BrN2O3S. The van der Waals surface area contributed by atoms with Crippen molar-refractivity contribution in [3.8, 4) is 0 Å². The van der Waals surface area contributed by atoms with Crippen molar-refractivity contribution in [1.82, 2.24) is 0 Å². The highest BCUT2D eigenvalue weighted by Gasteiger charge is 2.16. The highest BCUT2D eigenvalue weighted by Crippen LogP contribution is 2.20. The number of nitrogens with zero attached hydrogens (tertiary/aromatic N) is 1. The molecule has 0 aliphatic rings. The number of carbonyl (C=O) groups is 1. The van der Waals surface area contributed by atoms with Gasteiger partial charge in [0.2, 0.25) is 10.0 Å². The van der Waals surface area contributed by atoms with Gasteiger partial charge in [-0.05, 0) is 42.5 Å². The van der Waals surface area contributed by atoms with Gasteiger partial charge < -0.3 is 5.32 Å². The van der Waals surface area contributed by atoms with Crippen LogP contribution in [0.25, 0.3) is 0 Å². The van der Waals surface area contributed by atoms with Gasteiger partial charge in [0.25, 0.3) is 5.91 Å². The van der Waals surface area contributed by atoms with Crippen molar-refractivity contribution in [2.24, 2.45) is 0 Å². The van der Waals surface area contributed by atoms with E-state index in [4.69, 9.17) is 0 Å². The van der Waals surface area contributed by atoms with Crippen LogP contribution in [0.5, 0.6) is 0 Å². The molecule has 0 fully saturated rings. The van der Waals surface area contributed by atoms with Gasteiger partial charge in [0, 0.05) is 15.7 Å². The number of benzene rings is 2. The van der Waals surface area contributed by atoms with Crippen LogP contribution in [0.3, 0.4) is 0 Å². The first kappa shape index (κ1) is 18.2. The predicted molar refractivity (Wildman–Crippen MR) is 101 cm³/mol. The molecule has 1 N–H and O–H groups in total. The first-order valence-electron chi connectivity index (χ1n) is 7.07. The average molecular weight is 409 g/mol.